The van der Waals surface area contributed by atoms with Crippen LogP contribution < -0.4 is 4.31 Å². The van der Waals surface area contributed by atoms with Crippen LogP contribution >= 0.6 is 0 Å². The molecule has 3 aromatic carbocycles. The molecule has 0 fully saturated rings. The molecule has 0 aliphatic carbocycles. The van der Waals surface area contributed by atoms with E-state index in [1.165, 1.54) is 11.1 Å². The van der Waals surface area contributed by atoms with Crippen molar-refractivity contribution in [1.29, 1.82) is 0 Å². The molecule has 158 valence electrons. The fraction of sp³-hybridized carbons (Fsp3) is 0.231. The van der Waals surface area contributed by atoms with E-state index in [0.29, 0.717) is 11.4 Å². The van der Waals surface area contributed by atoms with Gasteiger partial charge in [0.1, 0.15) is 0 Å². The molecule has 3 aromatic rings. The lowest BCUT2D eigenvalue weighted by Crippen LogP contribution is -2.37. The van der Waals surface area contributed by atoms with Crippen LogP contribution in [-0.4, -0.2) is 39.5 Å². The lowest BCUT2D eigenvalue weighted by molar-refractivity contribution is 0.300. The van der Waals surface area contributed by atoms with Crippen LogP contribution in [0.2, 0.25) is 0 Å². The van der Waals surface area contributed by atoms with Crippen molar-refractivity contribution < 1.29 is 8.42 Å². The Bertz CT molecular complexity index is 1220. The fourth-order valence-electron chi connectivity index (χ4n) is 4.59. The topological polar surface area (TPSA) is 40.6 Å². The van der Waals surface area contributed by atoms with Gasteiger partial charge in [0.25, 0.3) is 10.0 Å². The number of rotatable bonds is 5. The summed E-state index contributed by atoms with van der Waals surface area (Å²) in [5, 5.41) is 0. The molecule has 0 amide bonds. The van der Waals surface area contributed by atoms with Gasteiger partial charge in [0, 0.05) is 37.3 Å². The summed E-state index contributed by atoms with van der Waals surface area (Å²) < 4.78 is 28.3. The van der Waals surface area contributed by atoms with Crippen molar-refractivity contribution in [3.63, 3.8) is 0 Å². The van der Waals surface area contributed by atoms with Gasteiger partial charge in [-0.3, -0.25) is 9.21 Å². The van der Waals surface area contributed by atoms with E-state index in [4.69, 9.17) is 0 Å². The Balaban J connectivity index is 1.29. The van der Waals surface area contributed by atoms with Gasteiger partial charge in [0.05, 0.1) is 10.6 Å². The lowest BCUT2D eigenvalue weighted by atomic mass is 9.99. The van der Waals surface area contributed by atoms with E-state index in [0.717, 1.165) is 49.3 Å². The predicted octanol–water partition coefficient (Wildman–Crippen LogP) is 5.04. The van der Waals surface area contributed by atoms with E-state index in [9.17, 15) is 8.42 Å². The van der Waals surface area contributed by atoms with E-state index in [1.54, 1.807) is 16.4 Å². The van der Waals surface area contributed by atoms with Crippen LogP contribution in [0.25, 0.3) is 16.7 Å². The van der Waals surface area contributed by atoms with Gasteiger partial charge in [-0.25, -0.2) is 8.42 Å². The van der Waals surface area contributed by atoms with Crippen LogP contribution in [-0.2, 0) is 10.0 Å². The second kappa shape index (κ2) is 8.33. The molecule has 0 atom stereocenters. The van der Waals surface area contributed by atoms with Crippen LogP contribution in [0.3, 0.4) is 0 Å². The van der Waals surface area contributed by atoms with Crippen molar-refractivity contribution in [2.75, 3.05) is 30.5 Å². The van der Waals surface area contributed by atoms with Gasteiger partial charge in [0.15, 0.2) is 0 Å². The molecule has 2 heterocycles. The molecule has 0 bridgehead atoms. The first kappa shape index (κ1) is 20.0. The Labute approximate surface area is 184 Å². The molecule has 4 nitrogen and oxygen atoms in total. The molecule has 5 rings (SSSR count). The number of hydrogen-bond donors (Lipinski definition) is 0. The molecule has 0 aromatic heterocycles. The molecule has 2 aliphatic rings. The third-order valence-electron chi connectivity index (χ3n) is 6.19. The quantitative estimate of drug-likeness (QED) is 0.569. The highest BCUT2D eigenvalue weighted by atomic mass is 32.2. The van der Waals surface area contributed by atoms with Crippen molar-refractivity contribution >= 4 is 21.3 Å². The smallest absolute Gasteiger partial charge is 0.264 e. The summed E-state index contributed by atoms with van der Waals surface area (Å²) in [6.45, 7) is 3.29. The van der Waals surface area contributed by atoms with Crippen molar-refractivity contribution in [3.8, 4) is 11.1 Å². The minimum absolute atomic E-state index is 0.405. The summed E-state index contributed by atoms with van der Waals surface area (Å²) in [7, 11) is -3.54. The molecular formula is C26H26N2O2S. The van der Waals surface area contributed by atoms with E-state index in [1.807, 2.05) is 42.5 Å². The number of para-hydroxylation sites is 1. The number of fused-ring (bicyclic) bond motifs is 3. The average Bonchev–Trinajstić information content (AvgIpc) is 2.82. The summed E-state index contributed by atoms with van der Waals surface area (Å²) in [4.78, 5) is 2.81. The SMILES string of the molecule is O=S1(=O)c2ccccc2-c2ccccc2N1CCCN1CC=C(c2ccccc2)CC1. The molecular weight excluding hydrogens is 404 g/mol. The normalized spacial score (nSPS) is 17.5. The highest BCUT2D eigenvalue weighted by Gasteiger charge is 2.34. The Morgan fingerprint density at radius 3 is 2.26 bits per heavy atom. The van der Waals surface area contributed by atoms with Gasteiger partial charge in [0.2, 0.25) is 0 Å². The number of anilines is 1. The predicted molar refractivity (Wildman–Crippen MR) is 127 cm³/mol. The zero-order chi connectivity index (χ0) is 21.3. The molecule has 5 heteroatoms. The van der Waals surface area contributed by atoms with Crippen molar-refractivity contribution in [3.05, 3.63) is 90.5 Å². The van der Waals surface area contributed by atoms with Gasteiger partial charge >= 0.3 is 0 Å². The first-order valence-corrected chi connectivity index (χ1v) is 12.3. The second-order valence-corrected chi connectivity index (χ2v) is 9.92. The Morgan fingerprint density at radius 2 is 1.48 bits per heavy atom. The Kier molecular flexibility index (Phi) is 5.38. The third-order valence-corrected chi connectivity index (χ3v) is 8.06. The number of sulfonamides is 1. The molecule has 0 radical (unpaired) electrons. The van der Waals surface area contributed by atoms with Crippen LogP contribution in [0.1, 0.15) is 18.4 Å². The molecule has 0 saturated carbocycles. The van der Waals surface area contributed by atoms with Crippen molar-refractivity contribution in [1.82, 2.24) is 4.90 Å². The standard InChI is InChI=1S/C26H26N2O2S/c29-31(30)26-14-7-5-12-24(26)23-11-4-6-13-25(23)28(31)18-8-17-27-19-15-22(16-20-27)21-9-2-1-3-10-21/h1-7,9-15H,8,16-20H2. The van der Waals surface area contributed by atoms with E-state index in [2.05, 4.69) is 35.2 Å². The molecule has 0 saturated heterocycles. The number of hydrogen-bond acceptors (Lipinski definition) is 3. The minimum Gasteiger partial charge on any atom is -0.299 e. The zero-order valence-corrected chi connectivity index (χ0v) is 18.3. The number of benzene rings is 3. The Hall–Kier alpha value is -2.89. The summed E-state index contributed by atoms with van der Waals surface area (Å²) >= 11 is 0. The second-order valence-electron chi connectivity index (χ2n) is 8.09. The summed E-state index contributed by atoms with van der Waals surface area (Å²) in [6.07, 6.45) is 4.13. The minimum atomic E-state index is -3.54. The van der Waals surface area contributed by atoms with Crippen LogP contribution in [0, 0.1) is 0 Å². The maximum Gasteiger partial charge on any atom is 0.264 e. The first-order chi connectivity index (χ1) is 15.1. The van der Waals surface area contributed by atoms with Gasteiger partial charge in [-0.1, -0.05) is 72.8 Å². The fourth-order valence-corrected chi connectivity index (χ4v) is 6.32. The summed E-state index contributed by atoms with van der Waals surface area (Å²) in [5.74, 6) is 0. The van der Waals surface area contributed by atoms with Crippen LogP contribution in [0.15, 0.2) is 89.8 Å². The molecule has 31 heavy (non-hydrogen) atoms. The van der Waals surface area contributed by atoms with Gasteiger partial charge in [-0.2, -0.15) is 0 Å². The van der Waals surface area contributed by atoms with Gasteiger partial charge in [-0.15, -0.1) is 0 Å². The highest BCUT2D eigenvalue weighted by Crippen LogP contribution is 2.42. The average molecular weight is 431 g/mol. The van der Waals surface area contributed by atoms with E-state index >= 15 is 0 Å². The molecule has 0 N–H and O–H groups in total. The molecule has 0 spiro atoms. The maximum atomic E-state index is 13.4. The highest BCUT2D eigenvalue weighted by molar-refractivity contribution is 7.93. The summed E-state index contributed by atoms with van der Waals surface area (Å²) in [6, 6.07) is 25.7. The number of nitrogens with zero attached hydrogens (tertiary/aromatic N) is 2. The molecule has 2 aliphatic heterocycles. The van der Waals surface area contributed by atoms with Crippen molar-refractivity contribution in [2.24, 2.45) is 0 Å². The van der Waals surface area contributed by atoms with Crippen LogP contribution in [0.4, 0.5) is 5.69 Å². The Morgan fingerprint density at radius 1 is 0.774 bits per heavy atom. The maximum absolute atomic E-state index is 13.4. The van der Waals surface area contributed by atoms with Crippen LogP contribution in [0.5, 0.6) is 0 Å². The largest absolute Gasteiger partial charge is 0.299 e. The summed E-state index contributed by atoms with van der Waals surface area (Å²) in [5.41, 5.74) is 5.27. The molecule has 0 unspecified atom stereocenters. The van der Waals surface area contributed by atoms with Crippen molar-refractivity contribution in [2.45, 2.75) is 17.7 Å². The lowest BCUT2D eigenvalue weighted by Gasteiger charge is -2.33. The first-order valence-electron chi connectivity index (χ1n) is 10.8. The van der Waals surface area contributed by atoms with Gasteiger partial charge < -0.3 is 0 Å². The zero-order valence-electron chi connectivity index (χ0n) is 17.4. The monoisotopic (exact) mass is 430 g/mol. The van der Waals surface area contributed by atoms with Gasteiger partial charge in [-0.05, 0) is 36.1 Å². The van der Waals surface area contributed by atoms with E-state index in [-0.39, 0.29) is 0 Å². The van der Waals surface area contributed by atoms with E-state index < -0.39 is 10.0 Å². The third kappa shape index (κ3) is 3.80.